The molecule has 3 amide bonds. The molecule has 5 rings (SSSR count). The Labute approximate surface area is 188 Å². The van der Waals surface area contributed by atoms with Gasteiger partial charge in [0.2, 0.25) is 17.7 Å². The number of fused-ring (bicyclic) bond motifs is 2. The molecule has 0 radical (unpaired) electrons. The molecule has 2 saturated heterocycles. The number of benzene rings is 2. The topological polar surface area (TPSA) is 60.9 Å². The Balaban J connectivity index is 1.13. The maximum absolute atomic E-state index is 12.8. The van der Waals surface area contributed by atoms with E-state index in [0.29, 0.717) is 25.9 Å². The quantitative estimate of drug-likeness (QED) is 0.540. The zero-order valence-electron chi connectivity index (χ0n) is 18.3. The lowest BCUT2D eigenvalue weighted by Crippen LogP contribution is -2.49. The van der Waals surface area contributed by atoms with E-state index in [1.165, 1.54) is 21.2 Å². The summed E-state index contributed by atoms with van der Waals surface area (Å²) in [5, 5.41) is 2.53. The van der Waals surface area contributed by atoms with Gasteiger partial charge in [-0.25, -0.2) is 0 Å². The standard InChI is InChI=1S/C26H29N3O3/c30-24(12-13-29-25(31)22-10-3-4-11-23(22)26(29)32)28-16-14-27(15-17-28)18-20-8-5-7-19-6-1-2-9-21(19)20/h1-9,22-23H,10-18H2/t22-,23+. The van der Waals surface area contributed by atoms with Gasteiger partial charge in [0.05, 0.1) is 11.8 Å². The van der Waals surface area contributed by atoms with Gasteiger partial charge in [0.25, 0.3) is 0 Å². The smallest absolute Gasteiger partial charge is 0.233 e. The number of carbonyl (C=O) groups is 3. The molecule has 166 valence electrons. The minimum absolute atomic E-state index is 0.0309. The van der Waals surface area contributed by atoms with Gasteiger partial charge in [-0.2, -0.15) is 0 Å². The number of piperazine rings is 1. The van der Waals surface area contributed by atoms with Crippen molar-refractivity contribution in [1.29, 1.82) is 0 Å². The van der Waals surface area contributed by atoms with Crippen molar-refractivity contribution >= 4 is 28.5 Å². The fourth-order valence-electron chi connectivity index (χ4n) is 5.28. The molecule has 2 atom stereocenters. The lowest BCUT2D eigenvalue weighted by atomic mass is 9.85. The monoisotopic (exact) mass is 431 g/mol. The van der Waals surface area contributed by atoms with Crippen LogP contribution in [0, 0.1) is 11.8 Å². The molecule has 32 heavy (non-hydrogen) atoms. The van der Waals surface area contributed by atoms with Crippen LogP contribution in [0.2, 0.25) is 0 Å². The Hall–Kier alpha value is -2.99. The molecule has 2 aromatic rings. The molecule has 2 aliphatic heterocycles. The summed E-state index contributed by atoms with van der Waals surface area (Å²) < 4.78 is 0. The average molecular weight is 432 g/mol. The molecule has 6 nitrogen and oxygen atoms in total. The summed E-state index contributed by atoms with van der Waals surface area (Å²) in [7, 11) is 0. The Morgan fingerprint density at radius 3 is 2.22 bits per heavy atom. The molecule has 0 saturated carbocycles. The predicted molar refractivity (Wildman–Crippen MR) is 122 cm³/mol. The van der Waals surface area contributed by atoms with E-state index in [0.717, 1.165) is 19.6 Å². The van der Waals surface area contributed by atoms with Gasteiger partial charge in [-0.05, 0) is 29.2 Å². The molecular formula is C26H29N3O3. The number of amides is 3. The number of hydrogen-bond acceptors (Lipinski definition) is 4. The lowest BCUT2D eigenvalue weighted by molar-refractivity contribution is -0.141. The van der Waals surface area contributed by atoms with E-state index >= 15 is 0 Å². The molecule has 0 unspecified atom stereocenters. The first-order valence-corrected chi connectivity index (χ1v) is 11.6. The number of nitrogens with zero attached hydrogens (tertiary/aromatic N) is 3. The summed E-state index contributed by atoms with van der Waals surface area (Å²) >= 11 is 0. The van der Waals surface area contributed by atoms with Crippen LogP contribution in [0.5, 0.6) is 0 Å². The molecule has 0 aromatic heterocycles. The van der Waals surface area contributed by atoms with Gasteiger partial charge in [-0.1, -0.05) is 54.6 Å². The van der Waals surface area contributed by atoms with Crippen molar-refractivity contribution in [3.63, 3.8) is 0 Å². The molecule has 6 heteroatoms. The molecule has 2 heterocycles. The van der Waals surface area contributed by atoms with Crippen LogP contribution in [0.15, 0.2) is 54.6 Å². The van der Waals surface area contributed by atoms with E-state index < -0.39 is 0 Å². The van der Waals surface area contributed by atoms with E-state index in [9.17, 15) is 14.4 Å². The van der Waals surface area contributed by atoms with E-state index in [-0.39, 0.29) is 42.5 Å². The summed E-state index contributed by atoms with van der Waals surface area (Å²) in [4.78, 5) is 43.5. The highest BCUT2D eigenvalue weighted by Gasteiger charge is 2.47. The summed E-state index contributed by atoms with van der Waals surface area (Å²) in [6.45, 7) is 4.09. The van der Waals surface area contributed by atoms with Crippen LogP contribution in [-0.4, -0.2) is 65.1 Å². The van der Waals surface area contributed by atoms with Gasteiger partial charge in [0.15, 0.2) is 0 Å². The molecule has 1 aliphatic carbocycles. The van der Waals surface area contributed by atoms with Crippen LogP contribution in [0.25, 0.3) is 10.8 Å². The molecule has 3 aliphatic rings. The zero-order valence-corrected chi connectivity index (χ0v) is 18.3. The van der Waals surface area contributed by atoms with Gasteiger partial charge < -0.3 is 4.90 Å². The normalized spacial score (nSPS) is 23.8. The maximum atomic E-state index is 12.8. The van der Waals surface area contributed by atoms with Crippen molar-refractivity contribution < 1.29 is 14.4 Å². The number of carbonyl (C=O) groups excluding carboxylic acids is 3. The third-order valence-electron chi connectivity index (χ3n) is 7.15. The van der Waals surface area contributed by atoms with Gasteiger partial charge in [-0.3, -0.25) is 24.2 Å². The van der Waals surface area contributed by atoms with Crippen molar-refractivity contribution in [3.8, 4) is 0 Å². The lowest BCUT2D eigenvalue weighted by Gasteiger charge is -2.35. The first kappa shape index (κ1) is 20.9. The number of allylic oxidation sites excluding steroid dienone is 2. The predicted octanol–water partition coefficient (Wildman–Crippen LogP) is 2.83. The van der Waals surface area contributed by atoms with Crippen molar-refractivity contribution in [3.05, 3.63) is 60.2 Å². The Morgan fingerprint density at radius 2 is 1.50 bits per heavy atom. The van der Waals surface area contributed by atoms with Gasteiger partial charge >= 0.3 is 0 Å². The molecule has 0 bridgehead atoms. The average Bonchev–Trinajstić information content (AvgIpc) is 3.08. The zero-order chi connectivity index (χ0) is 22.1. The Morgan fingerprint density at radius 1 is 0.844 bits per heavy atom. The number of likely N-dealkylation sites (tertiary alicyclic amines) is 1. The van der Waals surface area contributed by atoms with Crippen LogP contribution in [0.4, 0.5) is 0 Å². The Kier molecular flexibility index (Phi) is 5.79. The minimum atomic E-state index is -0.222. The number of rotatable bonds is 5. The van der Waals surface area contributed by atoms with Crippen molar-refractivity contribution in [2.75, 3.05) is 32.7 Å². The highest BCUT2D eigenvalue weighted by molar-refractivity contribution is 6.05. The number of imide groups is 1. The van der Waals surface area contributed by atoms with E-state index in [1.807, 2.05) is 17.1 Å². The van der Waals surface area contributed by atoms with Crippen LogP contribution in [-0.2, 0) is 20.9 Å². The number of hydrogen-bond donors (Lipinski definition) is 0. The van der Waals surface area contributed by atoms with Gasteiger partial charge in [0, 0.05) is 45.7 Å². The summed E-state index contributed by atoms with van der Waals surface area (Å²) in [6, 6.07) is 14.8. The van der Waals surface area contributed by atoms with Crippen LogP contribution < -0.4 is 0 Å². The summed E-state index contributed by atoms with van der Waals surface area (Å²) in [5.41, 5.74) is 1.31. The minimum Gasteiger partial charge on any atom is -0.340 e. The summed E-state index contributed by atoms with van der Waals surface area (Å²) in [6.07, 6.45) is 5.46. The second kappa shape index (κ2) is 8.87. The largest absolute Gasteiger partial charge is 0.340 e. The van der Waals surface area contributed by atoms with E-state index in [4.69, 9.17) is 0 Å². The van der Waals surface area contributed by atoms with Crippen molar-refractivity contribution in [1.82, 2.24) is 14.7 Å². The van der Waals surface area contributed by atoms with Gasteiger partial charge in [0.1, 0.15) is 0 Å². The van der Waals surface area contributed by atoms with E-state index in [2.05, 4.69) is 47.4 Å². The first-order chi connectivity index (χ1) is 15.6. The maximum Gasteiger partial charge on any atom is 0.233 e. The third-order valence-corrected chi connectivity index (χ3v) is 7.15. The van der Waals surface area contributed by atoms with Crippen LogP contribution in [0.1, 0.15) is 24.8 Å². The van der Waals surface area contributed by atoms with Gasteiger partial charge in [-0.15, -0.1) is 0 Å². The third kappa shape index (κ3) is 3.95. The fraction of sp³-hybridized carbons (Fsp3) is 0.423. The SMILES string of the molecule is O=C(CCN1C(=O)[C@H]2CC=CC[C@H]2C1=O)N1CCN(Cc2cccc3ccccc23)CC1. The fourth-order valence-corrected chi connectivity index (χ4v) is 5.28. The second-order valence-electron chi connectivity index (χ2n) is 9.03. The highest BCUT2D eigenvalue weighted by Crippen LogP contribution is 2.35. The first-order valence-electron chi connectivity index (χ1n) is 11.6. The van der Waals surface area contributed by atoms with Crippen molar-refractivity contribution in [2.24, 2.45) is 11.8 Å². The molecule has 0 N–H and O–H groups in total. The second-order valence-corrected chi connectivity index (χ2v) is 9.03. The van der Waals surface area contributed by atoms with Crippen LogP contribution in [0.3, 0.4) is 0 Å². The van der Waals surface area contributed by atoms with Crippen molar-refractivity contribution in [2.45, 2.75) is 25.8 Å². The van der Waals surface area contributed by atoms with E-state index in [1.54, 1.807) is 0 Å². The summed E-state index contributed by atoms with van der Waals surface area (Å²) in [5.74, 6) is -0.613. The van der Waals surface area contributed by atoms with Crippen LogP contribution >= 0.6 is 0 Å². The molecule has 2 fully saturated rings. The Bertz CT molecular complexity index is 1040. The molecule has 2 aromatic carbocycles. The molecule has 0 spiro atoms. The highest BCUT2D eigenvalue weighted by atomic mass is 16.2. The molecular weight excluding hydrogens is 402 g/mol.